The van der Waals surface area contributed by atoms with E-state index in [0.717, 1.165) is 6.42 Å². The molecule has 0 radical (unpaired) electrons. The van der Waals surface area contributed by atoms with Gasteiger partial charge in [-0.25, -0.2) is 13.2 Å². The first kappa shape index (κ1) is 31.5. The third kappa shape index (κ3) is 9.55. The summed E-state index contributed by atoms with van der Waals surface area (Å²) in [5.74, 6) is -0.563. The van der Waals surface area contributed by atoms with Gasteiger partial charge in [0.2, 0.25) is 21.8 Å². The Kier molecular flexibility index (Phi) is 11.2. The molecule has 1 atom stereocenters. The number of carbonyl (C=O) groups is 3. The van der Waals surface area contributed by atoms with E-state index in [-0.39, 0.29) is 47.6 Å². The lowest BCUT2D eigenvalue weighted by atomic mass is 9.93. The number of carbonyl (C=O) groups excluding carboxylic acids is 3. The van der Waals surface area contributed by atoms with E-state index in [1.807, 2.05) is 0 Å². The molecule has 1 aliphatic heterocycles. The summed E-state index contributed by atoms with van der Waals surface area (Å²) in [6.07, 6.45) is 2.26. The summed E-state index contributed by atoms with van der Waals surface area (Å²) in [4.78, 5) is 38.1. The molecule has 1 fully saturated rings. The van der Waals surface area contributed by atoms with Crippen molar-refractivity contribution in [3.05, 3.63) is 59.7 Å². The Labute approximate surface area is 239 Å². The highest BCUT2D eigenvalue weighted by atomic mass is 32.2. The minimum atomic E-state index is -4.18. The zero-order chi connectivity index (χ0) is 30.0. The summed E-state index contributed by atoms with van der Waals surface area (Å²) in [5.41, 5.74) is 17.6. The van der Waals surface area contributed by atoms with Crippen molar-refractivity contribution >= 4 is 39.4 Å². The van der Waals surface area contributed by atoms with Gasteiger partial charge in [-0.2, -0.15) is 4.72 Å². The Morgan fingerprint density at radius 1 is 1.05 bits per heavy atom. The van der Waals surface area contributed by atoms with Gasteiger partial charge >= 0.3 is 6.03 Å². The number of piperidine rings is 1. The second-order valence-corrected chi connectivity index (χ2v) is 11.7. The number of hydrogen-bond donors (Lipinski definition) is 7. The van der Waals surface area contributed by atoms with Crippen LogP contribution in [0, 0.1) is 11.3 Å². The SMILES string of the molecule is N=C(N)c1cccc(C[C@@H](NS(=O)(=O)c2cccc(NC(=O)CCN)c2)C(=O)N2CCC(CCNC(N)=O)CC2)c1. The smallest absolute Gasteiger partial charge is 0.312 e. The summed E-state index contributed by atoms with van der Waals surface area (Å²) in [6, 6.07) is 10.8. The van der Waals surface area contributed by atoms with Crippen LogP contribution >= 0.6 is 0 Å². The van der Waals surface area contributed by atoms with Crippen LogP contribution < -0.4 is 32.6 Å². The molecule has 1 saturated heterocycles. The fraction of sp³-hybridized carbons (Fsp3) is 0.407. The molecule has 1 heterocycles. The van der Waals surface area contributed by atoms with E-state index < -0.39 is 22.1 Å². The Balaban J connectivity index is 1.80. The molecular weight excluding hydrogens is 548 g/mol. The average molecular weight is 587 g/mol. The minimum Gasteiger partial charge on any atom is -0.384 e. The standard InChI is InChI=1S/C27H38N8O5S/c28-11-7-24(36)33-21-5-2-6-22(17-21)41(39,40)34-23(16-19-3-1-4-20(15-19)25(29)30)26(37)35-13-9-18(10-14-35)8-12-32-27(31)38/h1-6,15,17-18,23,34H,7-14,16,28H2,(H3,29,30)(H,33,36)(H3,31,32,38)/t23-/m1/s1. The first-order chi connectivity index (χ1) is 19.5. The number of rotatable bonds is 13. The highest BCUT2D eigenvalue weighted by Gasteiger charge is 2.32. The van der Waals surface area contributed by atoms with Crippen molar-refractivity contribution in [1.29, 1.82) is 5.41 Å². The van der Waals surface area contributed by atoms with Gasteiger partial charge in [-0.15, -0.1) is 0 Å². The molecule has 0 spiro atoms. The number of hydrogen-bond acceptors (Lipinski definition) is 7. The van der Waals surface area contributed by atoms with Gasteiger partial charge in [0.1, 0.15) is 11.9 Å². The number of amidine groups is 1. The van der Waals surface area contributed by atoms with Gasteiger partial charge < -0.3 is 32.7 Å². The number of nitrogens with two attached hydrogens (primary N) is 3. The van der Waals surface area contributed by atoms with Gasteiger partial charge in [0.25, 0.3) is 0 Å². The van der Waals surface area contributed by atoms with Crippen LogP contribution in [0.25, 0.3) is 0 Å². The molecule has 0 bridgehead atoms. The van der Waals surface area contributed by atoms with Crippen molar-refractivity contribution in [2.45, 2.75) is 43.0 Å². The topological polar surface area (TPSA) is 227 Å². The monoisotopic (exact) mass is 586 g/mol. The van der Waals surface area contributed by atoms with Crippen molar-refractivity contribution in [3.8, 4) is 0 Å². The highest BCUT2D eigenvalue weighted by molar-refractivity contribution is 7.89. The third-order valence-electron chi connectivity index (χ3n) is 6.85. The first-order valence-electron chi connectivity index (χ1n) is 13.4. The molecule has 14 heteroatoms. The van der Waals surface area contributed by atoms with Crippen LogP contribution in [0.4, 0.5) is 10.5 Å². The van der Waals surface area contributed by atoms with Crippen LogP contribution in [0.15, 0.2) is 53.4 Å². The number of nitrogen functional groups attached to an aromatic ring is 1. The van der Waals surface area contributed by atoms with Gasteiger partial charge in [0.05, 0.1) is 4.90 Å². The predicted molar refractivity (Wildman–Crippen MR) is 156 cm³/mol. The van der Waals surface area contributed by atoms with Gasteiger partial charge in [0.15, 0.2) is 0 Å². The van der Waals surface area contributed by atoms with Gasteiger partial charge in [-0.1, -0.05) is 24.3 Å². The van der Waals surface area contributed by atoms with Crippen LogP contribution in [0.3, 0.4) is 0 Å². The zero-order valence-corrected chi connectivity index (χ0v) is 23.6. The number of nitrogens with one attached hydrogen (secondary N) is 4. The van der Waals surface area contributed by atoms with Crippen LogP contribution in [-0.2, 0) is 26.0 Å². The number of amides is 4. The van der Waals surface area contributed by atoms with E-state index in [1.165, 1.54) is 18.2 Å². The number of likely N-dealkylation sites (tertiary alicyclic amines) is 1. The van der Waals surface area contributed by atoms with Crippen LogP contribution in [0.5, 0.6) is 0 Å². The van der Waals surface area contributed by atoms with E-state index in [9.17, 15) is 22.8 Å². The number of benzene rings is 2. The molecule has 0 aromatic heterocycles. The lowest BCUT2D eigenvalue weighted by Gasteiger charge is -2.34. The van der Waals surface area contributed by atoms with Crippen molar-refractivity contribution < 1.29 is 22.8 Å². The molecule has 0 aliphatic carbocycles. The molecule has 2 aromatic carbocycles. The summed E-state index contributed by atoms with van der Waals surface area (Å²) in [6.45, 7) is 1.49. The molecule has 13 nitrogen and oxygen atoms in total. The second-order valence-electron chi connectivity index (χ2n) is 9.96. The predicted octanol–water partition coefficient (Wildman–Crippen LogP) is 0.445. The Morgan fingerprint density at radius 2 is 1.76 bits per heavy atom. The summed E-state index contributed by atoms with van der Waals surface area (Å²) in [7, 11) is -4.18. The zero-order valence-electron chi connectivity index (χ0n) is 22.8. The number of primary amides is 1. The molecule has 2 aromatic rings. The van der Waals surface area contributed by atoms with Crippen LogP contribution in [-0.4, -0.2) is 69.2 Å². The number of urea groups is 1. The molecule has 1 aliphatic rings. The van der Waals surface area contributed by atoms with Crippen LogP contribution in [0.1, 0.15) is 36.8 Å². The molecule has 10 N–H and O–H groups in total. The summed E-state index contributed by atoms with van der Waals surface area (Å²) in [5, 5.41) is 12.9. The average Bonchev–Trinajstić information content (AvgIpc) is 2.93. The molecule has 222 valence electrons. The fourth-order valence-electron chi connectivity index (χ4n) is 4.69. The highest BCUT2D eigenvalue weighted by Crippen LogP contribution is 2.22. The molecule has 0 saturated carbocycles. The minimum absolute atomic E-state index is 0.0363. The Morgan fingerprint density at radius 3 is 2.41 bits per heavy atom. The van der Waals surface area contributed by atoms with Crippen molar-refractivity contribution in [1.82, 2.24) is 14.9 Å². The molecule has 0 unspecified atom stereocenters. The second kappa shape index (κ2) is 14.6. The Hall–Kier alpha value is -4.01. The lowest BCUT2D eigenvalue weighted by Crippen LogP contribution is -2.51. The molecular formula is C27H38N8O5S. The maximum Gasteiger partial charge on any atom is 0.312 e. The quantitative estimate of drug-likeness (QED) is 0.129. The van der Waals surface area contributed by atoms with Crippen LogP contribution in [0.2, 0.25) is 0 Å². The molecule has 3 rings (SSSR count). The maximum absolute atomic E-state index is 13.7. The summed E-state index contributed by atoms with van der Waals surface area (Å²) >= 11 is 0. The first-order valence-corrected chi connectivity index (χ1v) is 14.8. The third-order valence-corrected chi connectivity index (χ3v) is 8.32. The van der Waals surface area contributed by atoms with E-state index in [0.29, 0.717) is 49.5 Å². The van der Waals surface area contributed by atoms with E-state index >= 15 is 0 Å². The number of nitrogens with zero attached hydrogens (tertiary/aromatic N) is 1. The fourth-order valence-corrected chi connectivity index (χ4v) is 5.93. The largest absolute Gasteiger partial charge is 0.384 e. The molecule has 4 amide bonds. The number of sulfonamides is 1. The van der Waals surface area contributed by atoms with Crippen molar-refractivity contribution in [2.75, 3.05) is 31.5 Å². The maximum atomic E-state index is 13.7. The van der Waals surface area contributed by atoms with Crippen molar-refractivity contribution in [3.63, 3.8) is 0 Å². The van der Waals surface area contributed by atoms with Gasteiger partial charge in [-0.05, 0) is 61.4 Å². The molecule has 41 heavy (non-hydrogen) atoms. The Bertz CT molecular complexity index is 1360. The normalized spacial score (nSPS) is 14.7. The van der Waals surface area contributed by atoms with E-state index in [1.54, 1.807) is 35.2 Å². The van der Waals surface area contributed by atoms with Crippen molar-refractivity contribution in [2.24, 2.45) is 23.1 Å². The lowest BCUT2D eigenvalue weighted by molar-refractivity contribution is -0.134. The number of anilines is 1. The van der Waals surface area contributed by atoms with E-state index in [4.69, 9.17) is 22.6 Å². The van der Waals surface area contributed by atoms with Gasteiger partial charge in [0, 0.05) is 43.9 Å². The summed E-state index contributed by atoms with van der Waals surface area (Å²) < 4.78 is 29.5. The van der Waals surface area contributed by atoms with Gasteiger partial charge in [-0.3, -0.25) is 15.0 Å². The van der Waals surface area contributed by atoms with E-state index in [2.05, 4.69) is 15.4 Å².